The van der Waals surface area contributed by atoms with Gasteiger partial charge < -0.3 is 15.2 Å². The van der Waals surface area contributed by atoms with Crippen LogP contribution in [-0.2, 0) is 9.53 Å². The fourth-order valence-electron chi connectivity index (χ4n) is 3.03. The van der Waals surface area contributed by atoms with Crippen LogP contribution in [0, 0.1) is 5.92 Å². The Kier molecular flexibility index (Phi) is 6.07. The lowest BCUT2D eigenvalue weighted by Gasteiger charge is -2.29. The first kappa shape index (κ1) is 14.8. The zero-order valence-electron chi connectivity index (χ0n) is 11.6. The molecule has 0 aromatic heterocycles. The van der Waals surface area contributed by atoms with Gasteiger partial charge >= 0.3 is 5.97 Å². The summed E-state index contributed by atoms with van der Waals surface area (Å²) in [4.78, 5) is 13.4. The Hall–Kier alpha value is -0.650. The minimum absolute atomic E-state index is 0.134. The quantitative estimate of drug-likeness (QED) is 0.703. The second-order valence-electron chi connectivity index (χ2n) is 5.66. The highest BCUT2D eigenvalue weighted by Gasteiger charge is 2.26. The molecule has 0 radical (unpaired) electrons. The number of rotatable bonds is 6. The number of hydrogen-bond acceptors (Lipinski definition) is 4. The summed E-state index contributed by atoms with van der Waals surface area (Å²) in [5, 5.41) is 12.6. The van der Waals surface area contributed by atoms with E-state index in [4.69, 9.17) is 9.84 Å². The predicted octanol–water partition coefficient (Wildman–Crippen LogP) is 0.942. The van der Waals surface area contributed by atoms with Crippen molar-refractivity contribution in [2.45, 2.75) is 38.1 Å². The number of nitrogens with one attached hydrogen (secondary N) is 1. The van der Waals surface area contributed by atoms with Crippen molar-refractivity contribution in [2.24, 2.45) is 5.92 Å². The highest BCUT2D eigenvalue weighted by Crippen LogP contribution is 2.24. The summed E-state index contributed by atoms with van der Waals surface area (Å²) in [5.41, 5.74) is 0. The number of carboxylic acids is 1. The molecule has 0 spiro atoms. The summed E-state index contributed by atoms with van der Waals surface area (Å²) >= 11 is 0. The minimum atomic E-state index is -0.625. The minimum Gasteiger partial charge on any atom is -0.481 e. The van der Waals surface area contributed by atoms with Crippen molar-refractivity contribution in [3.63, 3.8) is 0 Å². The van der Waals surface area contributed by atoms with Gasteiger partial charge in [-0.2, -0.15) is 0 Å². The highest BCUT2D eigenvalue weighted by atomic mass is 16.5. The maximum absolute atomic E-state index is 11.0. The number of nitrogens with zero attached hydrogens (tertiary/aromatic N) is 1. The number of morpholine rings is 1. The van der Waals surface area contributed by atoms with E-state index in [2.05, 4.69) is 10.2 Å². The van der Waals surface area contributed by atoms with Crippen LogP contribution in [0.15, 0.2) is 0 Å². The van der Waals surface area contributed by atoms with Crippen molar-refractivity contribution in [1.29, 1.82) is 0 Å². The fraction of sp³-hybridized carbons (Fsp3) is 0.929. The Morgan fingerprint density at radius 3 is 2.84 bits per heavy atom. The van der Waals surface area contributed by atoms with Gasteiger partial charge in [0.1, 0.15) is 0 Å². The summed E-state index contributed by atoms with van der Waals surface area (Å²) in [6, 6.07) is 0.402. The van der Waals surface area contributed by atoms with Gasteiger partial charge in [0.2, 0.25) is 0 Å². The van der Waals surface area contributed by atoms with Crippen LogP contribution in [-0.4, -0.2) is 61.4 Å². The molecule has 2 unspecified atom stereocenters. The van der Waals surface area contributed by atoms with Crippen LogP contribution in [0.5, 0.6) is 0 Å². The maximum atomic E-state index is 11.0. The lowest BCUT2D eigenvalue weighted by Crippen LogP contribution is -2.40. The standard InChI is InChI=1S/C14H26N2O3/c17-14(18)12-3-1-4-13(11-12)15-5-2-6-16-7-9-19-10-8-16/h12-13,15H,1-11H2,(H,17,18). The molecule has 2 fully saturated rings. The van der Waals surface area contributed by atoms with Gasteiger partial charge in [-0.3, -0.25) is 9.69 Å². The lowest BCUT2D eigenvalue weighted by atomic mass is 9.86. The molecule has 1 aliphatic carbocycles. The normalized spacial score (nSPS) is 29.3. The molecule has 0 aromatic carbocycles. The Balaban J connectivity index is 1.56. The molecule has 1 saturated carbocycles. The molecule has 0 aromatic rings. The third-order valence-corrected chi connectivity index (χ3v) is 4.21. The summed E-state index contributed by atoms with van der Waals surface area (Å²) in [6.45, 7) is 5.92. The molecule has 1 saturated heterocycles. The molecule has 19 heavy (non-hydrogen) atoms. The smallest absolute Gasteiger partial charge is 0.306 e. The van der Waals surface area contributed by atoms with E-state index in [9.17, 15) is 4.79 Å². The molecule has 2 rings (SSSR count). The molecule has 1 heterocycles. The van der Waals surface area contributed by atoms with Crippen LogP contribution in [0.3, 0.4) is 0 Å². The Morgan fingerprint density at radius 2 is 2.11 bits per heavy atom. The molecule has 0 bridgehead atoms. The number of aliphatic carboxylic acids is 1. The van der Waals surface area contributed by atoms with E-state index in [-0.39, 0.29) is 5.92 Å². The van der Waals surface area contributed by atoms with Crippen LogP contribution < -0.4 is 5.32 Å². The summed E-state index contributed by atoms with van der Waals surface area (Å²) in [6.07, 6.45) is 4.95. The predicted molar refractivity (Wildman–Crippen MR) is 73.3 cm³/mol. The summed E-state index contributed by atoms with van der Waals surface area (Å²) < 4.78 is 5.32. The van der Waals surface area contributed by atoms with Gasteiger partial charge in [0, 0.05) is 19.1 Å². The van der Waals surface area contributed by atoms with Crippen molar-refractivity contribution < 1.29 is 14.6 Å². The topological polar surface area (TPSA) is 61.8 Å². The summed E-state index contributed by atoms with van der Waals surface area (Å²) in [5.74, 6) is -0.759. The first-order chi connectivity index (χ1) is 9.25. The van der Waals surface area contributed by atoms with E-state index in [0.29, 0.717) is 6.04 Å². The zero-order valence-corrected chi connectivity index (χ0v) is 11.6. The third-order valence-electron chi connectivity index (χ3n) is 4.21. The fourth-order valence-corrected chi connectivity index (χ4v) is 3.03. The van der Waals surface area contributed by atoms with E-state index in [1.54, 1.807) is 0 Å². The van der Waals surface area contributed by atoms with Gasteiger partial charge in [-0.1, -0.05) is 6.42 Å². The average molecular weight is 270 g/mol. The van der Waals surface area contributed by atoms with E-state index in [1.807, 2.05) is 0 Å². The number of ether oxygens (including phenoxy) is 1. The molecular formula is C14H26N2O3. The van der Waals surface area contributed by atoms with Gasteiger partial charge in [-0.15, -0.1) is 0 Å². The molecule has 1 aliphatic heterocycles. The molecule has 5 nitrogen and oxygen atoms in total. The Labute approximate surface area is 115 Å². The third kappa shape index (κ3) is 5.09. The molecule has 5 heteroatoms. The van der Waals surface area contributed by atoms with Gasteiger partial charge in [0.05, 0.1) is 19.1 Å². The Bertz CT molecular complexity index is 280. The van der Waals surface area contributed by atoms with Crippen LogP contribution in [0.2, 0.25) is 0 Å². The van der Waals surface area contributed by atoms with Crippen molar-refractivity contribution in [3.8, 4) is 0 Å². The van der Waals surface area contributed by atoms with E-state index >= 15 is 0 Å². The van der Waals surface area contributed by atoms with Gasteiger partial charge in [0.25, 0.3) is 0 Å². The van der Waals surface area contributed by atoms with Crippen LogP contribution in [0.1, 0.15) is 32.1 Å². The number of carboxylic acid groups (broad SMARTS) is 1. The van der Waals surface area contributed by atoms with Crippen LogP contribution in [0.25, 0.3) is 0 Å². The number of carbonyl (C=O) groups is 1. The van der Waals surface area contributed by atoms with Crippen molar-refractivity contribution in [3.05, 3.63) is 0 Å². The van der Waals surface area contributed by atoms with Crippen molar-refractivity contribution in [2.75, 3.05) is 39.4 Å². The second-order valence-corrected chi connectivity index (χ2v) is 5.66. The first-order valence-electron chi connectivity index (χ1n) is 7.52. The average Bonchev–Trinajstić information content (AvgIpc) is 2.45. The van der Waals surface area contributed by atoms with Crippen LogP contribution in [0.4, 0.5) is 0 Å². The van der Waals surface area contributed by atoms with Gasteiger partial charge in [-0.05, 0) is 38.8 Å². The molecule has 0 amide bonds. The Morgan fingerprint density at radius 1 is 1.32 bits per heavy atom. The van der Waals surface area contributed by atoms with Gasteiger partial charge in [-0.25, -0.2) is 0 Å². The van der Waals surface area contributed by atoms with Crippen molar-refractivity contribution in [1.82, 2.24) is 10.2 Å². The summed E-state index contributed by atoms with van der Waals surface area (Å²) in [7, 11) is 0. The monoisotopic (exact) mass is 270 g/mol. The van der Waals surface area contributed by atoms with E-state index in [1.165, 1.54) is 0 Å². The van der Waals surface area contributed by atoms with E-state index in [0.717, 1.165) is 71.5 Å². The van der Waals surface area contributed by atoms with E-state index < -0.39 is 5.97 Å². The number of hydrogen-bond donors (Lipinski definition) is 2. The second kappa shape index (κ2) is 7.82. The lowest BCUT2D eigenvalue weighted by molar-refractivity contribution is -0.143. The maximum Gasteiger partial charge on any atom is 0.306 e. The molecule has 110 valence electrons. The zero-order chi connectivity index (χ0) is 13.5. The highest BCUT2D eigenvalue weighted by molar-refractivity contribution is 5.70. The van der Waals surface area contributed by atoms with Gasteiger partial charge in [0.15, 0.2) is 0 Å². The molecular weight excluding hydrogens is 244 g/mol. The van der Waals surface area contributed by atoms with Crippen LogP contribution >= 0.6 is 0 Å². The molecule has 2 atom stereocenters. The first-order valence-corrected chi connectivity index (χ1v) is 7.52. The molecule has 2 aliphatic rings. The molecule has 2 N–H and O–H groups in total. The van der Waals surface area contributed by atoms with Crippen molar-refractivity contribution >= 4 is 5.97 Å². The SMILES string of the molecule is O=C(O)C1CCCC(NCCCN2CCOCC2)C1. The largest absolute Gasteiger partial charge is 0.481 e.